The fourth-order valence-corrected chi connectivity index (χ4v) is 2.54. The third-order valence-electron chi connectivity index (χ3n) is 3.81. The molecule has 0 saturated heterocycles. The lowest BCUT2D eigenvalue weighted by Gasteiger charge is -2.02. The molecule has 0 aliphatic heterocycles. The van der Waals surface area contributed by atoms with Crippen LogP contribution in [-0.2, 0) is 7.05 Å². The number of fused-ring (bicyclic) bond motifs is 1. The quantitative estimate of drug-likeness (QED) is 0.627. The number of amides is 1. The first-order valence-corrected chi connectivity index (χ1v) is 7.47. The predicted octanol–water partition coefficient (Wildman–Crippen LogP) is 3.48. The van der Waals surface area contributed by atoms with Gasteiger partial charge in [0, 0.05) is 18.7 Å². The molecule has 2 heterocycles. The van der Waals surface area contributed by atoms with Crippen LogP contribution in [0.2, 0.25) is 0 Å². The number of hydrogen-bond acceptors (Lipinski definition) is 4. The van der Waals surface area contributed by atoms with Gasteiger partial charge in [0.15, 0.2) is 11.5 Å². The average Bonchev–Trinajstić information content (AvgIpc) is 3.22. The fraction of sp³-hybridized carbons (Fsp3) is 0.0556. The Balaban J connectivity index is 1.60. The highest BCUT2D eigenvalue weighted by Gasteiger charge is 2.16. The van der Waals surface area contributed by atoms with E-state index in [2.05, 4.69) is 15.5 Å². The number of imidazole rings is 1. The van der Waals surface area contributed by atoms with Crippen LogP contribution in [0.5, 0.6) is 0 Å². The Morgan fingerprint density at radius 3 is 2.62 bits per heavy atom. The first kappa shape index (κ1) is 14.2. The molecule has 6 nitrogen and oxygen atoms in total. The van der Waals surface area contributed by atoms with E-state index in [1.165, 1.54) is 0 Å². The second-order valence-corrected chi connectivity index (χ2v) is 5.38. The summed E-state index contributed by atoms with van der Waals surface area (Å²) in [6.07, 6.45) is 0. The van der Waals surface area contributed by atoms with E-state index in [0.29, 0.717) is 11.7 Å². The summed E-state index contributed by atoms with van der Waals surface area (Å²) in [5.41, 5.74) is 2.84. The first-order valence-electron chi connectivity index (χ1n) is 7.47. The third-order valence-corrected chi connectivity index (χ3v) is 3.81. The third kappa shape index (κ3) is 2.44. The summed E-state index contributed by atoms with van der Waals surface area (Å²) in [4.78, 5) is 16.8. The number of carbonyl (C=O) groups is 1. The minimum atomic E-state index is -0.362. The predicted molar refractivity (Wildman–Crippen MR) is 90.6 cm³/mol. The first-order chi connectivity index (χ1) is 11.7. The summed E-state index contributed by atoms with van der Waals surface area (Å²) >= 11 is 0. The summed E-state index contributed by atoms with van der Waals surface area (Å²) in [6, 6.07) is 18.8. The summed E-state index contributed by atoms with van der Waals surface area (Å²) in [7, 11) is 1.85. The van der Waals surface area contributed by atoms with Crippen molar-refractivity contribution < 1.29 is 9.32 Å². The summed E-state index contributed by atoms with van der Waals surface area (Å²) in [5, 5.41) is 6.62. The van der Waals surface area contributed by atoms with Crippen LogP contribution < -0.4 is 5.32 Å². The van der Waals surface area contributed by atoms with Crippen LogP contribution in [0.3, 0.4) is 0 Å². The second-order valence-electron chi connectivity index (χ2n) is 5.38. The Morgan fingerprint density at radius 1 is 1.08 bits per heavy atom. The van der Waals surface area contributed by atoms with Crippen molar-refractivity contribution in [3.63, 3.8) is 0 Å². The molecule has 0 radical (unpaired) electrons. The zero-order chi connectivity index (χ0) is 16.5. The van der Waals surface area contributed by atoms with Gasteiger partial charge in [-0.2, -0.15) is 0 Å². The fourth-order valence-electron chi connectivity index (χ4n) is 2.54. The molecule has 2 aromatic heterocycles. The molecule has 0 aliphatic rings. The maximum atomic E-state index is 12.4. The standard InChI is InChI=1S/C18H14N4O2/c1-22-15-10-6-5-9-13(15)19-18(22)20-17(23)14-11-16(24-21-14)12-7-3-2-4-8-12/h2-11H,1H3,(H,19,20,23). The molecule has 24 heavy (non-hydrogen) atoms. The molecule has 0 unspecified atom stereocenters. The number of aryl methyl sites for hydroxylation is 1. The zero-order valence-corrected chi connectivity index (χ0v) is 12.9. The van der Waals surface area contributed by atoms with Gasteiger partial charge in [-0.15, -0.1) is 0 Å². The van der Waals surface area contributed by atoms with Gasteiger partial charge in [0.2, 0.25) is 5.95 Å². The Bertz CT molecular complexity index is 1020. The minimum absolute atomic E-state index is 0.209. The molecule has 1 N–H and O–H groups in total. The number of nitrogens with one attached hydrogen (secondary N) is 1. The lowest BCUT2D eigenvalue weighted by Crippen LogP contribution is -2.15. The maximum Gasteiger partial charge on any atom is 0.280 e. The van der Waals surface area contributed by atoms with Gasteiger partial charge >= 0.3 is 0 Å². The maximum absolute atomic E-state index is 12.4. The van der Waals surface area contributed by atoms with Gasteiger partial charge in [0.1, 0.15) is 0 Å². The molecule has 0 bridgehead atoms. The Hall–Kier alpha value is -3.41. The molecule has 0 aliphatic carbocycles. The van der Waals surface area contributed by atoms with E-state index in [1.54, 1.807) is 6.07 Å². The number of anilines is 1. The number of hydrogen-bond donors (Lipinski definition) is 1. The van der Waals surface area contributed by atoms with E-state index in [9.17, 15) is 4.79 Å². The van der Waals surface area contributed by atoms with Crippen LogP contribution in [0.25, 0.3) is 22.4 Å². The van der Waals surface area contributed by atoms with E-state index < -0.39 is 0 Å². The highest BCUT2D eigenvalue weighted by Crippen LogP contribution is 2.21. The molecule has 4 aromatic rings. The van der Waals surface area contributed by atoms with E-state index in [1.807, 2.05) is 66.2 Å². The van der Waals surface area contributed by atoms with Gasteiger partial charge in [0.05, 0.1) is 11.0 Å². The van der Waals surface area contributed by atoms with Crippen molar-refractivity contribution in [2.24, 2.45) is 7.05 Å². The van der Waals surface area contributed by atoms with Gasteiger partial charge in [-0.3, -0.25) is 10.1 Å². The van der Waals surface area contributed by atoms with Gasteiger partial charge in [-0.1, -0.05) is 47.6 Å². The molecule has 0 saturated carbocycles. The Labute approximate surface area is 137 Å². The number of benzene rings is 2. The molecular formula is C18H14N4O2. The van der Waals surface area contributed by atoms with E-state index in [0.717, 1.165) is 16.6 Å². The van der Waals surface area contributed by atoms with Crippen molar-refractivity contribution in [1.82, 2.24) is 14.7 Å². The average molecular weight is 318 g/mol. The van der Waals surface area contributed by atoms with Gasteiger partial charge in [-0.05, 0) is 12.1 Å². The number of para-hydroxylation sites is 2. The summed E-state index contributed by atoms with van der Waals surface area (Å²) in [5.74, 6) is 0.649. The van der Waals surface area contributed by atoms with Crippen molar-refractivity contribution in [2.75, 3.05) is 5.32 Å². The van der Waals surface area contributed by atoms with Crippen LogP contribution in [0.15, 0.2) is 65.2 Å². The minimum Gasteiger partial charge on any atom is -0.355 e. The van der Waals surface area contributed by atoms with Crippen LogP contribution in [0.4, 0.5) is 5.95 Å². The summed E-state index contributed by atoms with van der Waals surface area (Å²) in [6.45, 7) is 0. The highest BCUT2D eigenvalue weighted by atomic mass is 16.5. The monoisotopic (exact) mass is 318 g/mol. The molecule has 0 spiro atoms. The van der Waals surface area contributed by atoms with Gasteiger partial charge < -0.3 is 9.09 Å². The zero-order valence-electron chi connectivity index (χ0n) is 12.9. The van der Waals surface area contributed by atoms with Gasteiger partial charge in [0.25, 0.3) is 5.91 Å². The Morgan fingerprint density at radius 2 is 1.83 bits per heavy atom. The van der Waals surface area contributed by atoms with Crippen LogP contribution in [0, 0.1) is 0 Å². The van der Waals surface area contributed by atoms with Crippen molar-refractivity contribution in [1.29, 1.82) is 0 Å². The van der Waals surface area contributed by atoms with E-state index >= 15 is 0 Å². The molecule has 0 atom stereocenters. The highest BCUT2D eigenvalue weighted by molar-refractivity contribution is 6.03. The van der Waals surface area contributed by atoms with Crippen LogP contribution in [-0.4, -0.2) is 20.6 Å². The SMILES string of the molecule is Cn1c(NC(=O)c2cc(-c3ccccc3)on2)nc2ccccc21. The van der Waals surface area contributed by atoms with Crippen LogP contribution in [0.1, 0.15) is 10.5 Å². The summed E-state index contributed by atoms with van der Waals surface area (Å²) < 4.78 is 7.09. The van der Waals surface area contributed by atoms with Crippen LogP contribution >= 0.6 is 0 Å². The number of rotatable bonds is 3. The molecular weight excluding hydrogens is 304 g/mol. The molecule has 4 rings (SSSR count). The van der Waals surface area contributed by atoms with Crippen molar-refractivity contribution in [3.05, 3.63) is 66.4 Å². The smallest absolute Gasteiger partial charge is 0.280 e. The molecule has 6 heteroatoms. The largest absolute Gasteiger partial charge is 0.355 e. The second kappa shape index (κ2) is 5.66. The topological polar surface area (TPSA) is 73.0 Å². The molecule has 2 aromatic carbocycles. The Kier molecular flexibility index (Phi) is 3.35. The molecule has 118 valence electrons. The van der Waals surface area contributed by atoms with E-state index in [4.69, 9.17) is 4.52 Å². The number of aromatic nitrogens is 3. The lowest BCUT2D eigenvalue weighted by atomic mass is 10.1. The normalized spacial score (nSPS) is 10.9. The lowest BCUT2D eigenvalue weighted by molar-refractivity contribution is 0.101. The van der Waals surface area contributed by atoms with Crippen molar-refractivity contribution >= 4 is 22.9 Å². The molecule has 1 amide bonds. The number of carbonyl (C=O) groups excluding carboxylic acids is 1. The molecule has 0 fully saturated rings. The number of nitrogens with zero attached hydrogens (tertiary/aromatic N) is 3. The van der Waals surface area contributed by atoms with Crippen molar-refractivity contribution in [3.8, 4) is 11.3 Å². The van der Waals surface area contributed by atoms with Crippen molar-refractivity contribution in [2.45, 2.75) is 0 Å². The van der Waals surface area contributed by atoms with E-state index in [-0.39, 0.29) is 11.6 Å². The van der Waals surface area contributed by atoms with Gasteiger partial charge in [-0.25, -0.2) is 4.98 Å².